The number of rotatable bonds is 13. The molecule has 0 heterocycles. The normalized spacial score (nSPS) is 11.6. The molecular weight excluding hydrogens is 388 g/mol. The fourth-order valence-electron chi connectivity index (χ4n) is 2.86. The highest BCUT2D eigenvalue weighted by Gasteiger charge is 2.04. The van der Waals surface area contributed by atoms with Crippen LogP contribution in [0.3, 0.4) is 0 Å². The van der Waals surface area contributed by atoms with E-state index in [1.165, 1.54) is 70.6 Å². The molecule has 0 aliphatic carbocycles. The molecule has 0 aromatic carbocycles. The van der Waals surface area contributed by atoms with Crippen molar-refractivity contribution in [2.75, 3.05) is 0 Å². The number of allylic oxidation sites excluding steroid dienone is 2. The van der Waals surface area contributed by atoms with Crippen molar-refractivity contribution in [2.45, 2.75) is 167 Å². The van der Waals surface area contributed by atoms with Crippen LogP contribution in [0.4, 0.5) is 0 Å². The van der Waals surface area contributed by atoms with Gasteiger partial charge in [-0.25, -0.2) is 0 Å². The van der Waals surface area contributed by atoms with Crippen molar-refractivity contribution in [3.8, 4) is 0 Å². The summed E-state index contributed by atoms with van der Waals surface area (Å²) >= 11 is 0. The van der Waals surface area contributed by atoms with Crippen LogP contribution in [0.2, 0.25) is 0 Å². The van der Waals surface area contributed by atoms with Crippen LogP contribution < -0.4 is 0 Å². The van der Waals surface area contributed by atoms with Gasteiger partial charge in [-0.1, -0.05) is 160 Å². The molecule has 0 amide bonds. The monoisotopic (exact) mass is 457 g/mol. The molecule has 0 fully saturated rings. The highest BCUT2D eigenvalue weighted by molar-refractivity contribution is 5.91. The summed E-state index contributed by atoms with van der Waals surface area (Å²) in [5, 5.41) is 0. The topological polar surface area (TPSA) is 17.1 Å². The second kappa shape index (κ2) is 40.7. The molecule has 198 valence electrons. The van der Waals surface area contributed by atoms with E-state index in [4.69, 9.17) is 0 Å². The quantitative estimate of drug-likeness (QED) is 0.199. The molecule has 1 nitrogen and oxygen atoms in total. The van der Waals surface area contributed by atoms with Crippen LogP contribution in [0.15, 0.2) is 12.2 Å². The summed E-state index contributed by atoms with van der Waals surface area (Å²) in [6.45, 7) is 27.9. The largest absolute Gasteiger partial charge is 0.295 e. The zero-order valence-electron chi connectivity index (χ0n) is 25.3. The highest BCUT2D eigenvalue weighted by atomic mass is 16.1. The molecule has 0 spiro atoms. The van der Waals surface area contributed by atoms with Crippen LogP contribution >= 0.6 is 0 Å². The molecule has 0 aromatic heterocycles. The van der Waals surface area contributed by atoms with Crippen LogP contribution in [-0.4, -0.2) is 5.78 Å². The standard InChI is InChI=1S/C8H14O.C8H18.C7H16.C6H14.C2H6/c1-4-6-8(9)7(3)5-2;1-4-6-8(3)7-5-2;1-4-6-7(3)5-2;1-3-5-6-4-2;1-2/h4,6-7H,5H2,1-3H3;8H,4-7H2,1-3H3;7H,4-6H2,1-3H3;3-6H2,1-2H3;1-2H3/b6-4+;;;;. The van der Waals surface area contributed by atoms with Crippen LogP contribution in [0, 0.1) is 17.8 Å². The first-order valence-corrected chi connectivity index (χ1v) is 14.4. The summed E-state index contributed by atoms with van der Waals surface area (Å²) < 4.78 is 0. The fourth-order valence-corrected chi connectivity index (χ4v) is 2.86. The van der Waals surface area contributed by atoms with Gasteiger partial charge < -0.3 is 0 Å². The van der Waals surface area contributed by atoms with Gasteiger partial charge in [-0.3, -0.25) is 4.79 Å². The van der Waals surface area contributed by atoms with Gasteiger partial charge >= 0.3 is 0 Å². The number of carbonyl (C=O) groups is 1. The molecule has 0 radical (unpaired) electrons. The molecule has 0 saturated carbocycles. The van der Waals surface area contributed by atoms with E-state index in [9.17, 15) is 4.79 Å². The second-order valence-corrected chi connectivity index (χ2v) is 8.90. The third-order valence-electron chi connectivity index (χ3n) is 5.43. The van der Waals surface area contributed by atoms with E-state index in [1.54, 1.807) is 12.2 Å². The molecule has 0 N–H and O–H groups in total. The van der Waals surface area contributed by atoms with Crippen molar-refractivity contribution in [3.63, 3.8) is 0 Å². The van der Waals surface area contributed by atoms with E-state index < -0.39 is 0 Å². The molecule has 0 aliphatic rings. The van der Waals surface area contributed by atoms with Gasteiger partial charge in [-0.2, -0.15) is 0 Å². The first kappa shape index (κ1) is 41.6. The van der Waals surface area contributed by atoms with Crippen LogP contribution in [0.5, 0.6) is 0 Å². The number of ketones is 1. The molecule has 0 saturated heterocycles. The summed E-state index contributed by atoms with van der Waals surface area (Å²) in [7, 11) is 0. The van der Waals surface area contributed by atoms with Gasteiger partial charge in [-0.05, 0) is 31.3 Å². The zero-order valence-corrected chi connectivity index (χ0v) is 25.3. The third kappa shape index (κ3) is 47.3. The average Bonchev–Trinajstić information content (AvgIpc) is 2.80. The molecule has 0 bridgehead atoms. The zero-order chi connectivity index (χ0) is 26.2. The predicted molar refractivity (Wildman–Crippen MR) is 154 cm³/mol. The Kier molecular flexibility index (Phi) is 53.0. The van der Waals surface area contributed by atoms with Crippen molar-refractivity contribution < 1.29 is 4.79 Å². The van der Waals surface area contributed by atoms with E-state index >= 15 is 0 Å². The van der Waals surface area contributed by atoms with Crippen LogP contribution in [0.1, 0.15) is 167 Å². The van der Waals surface area contributed by atoms with Gasteiger partial charge in [0.25, 0.3) is 0 Å². The lowest BCUT2D eigenvalue weighted by Gasteiger charge is -2.05. The summed E-state index contributed by atoms with van der Waals surface area (Å²) in [6.07, 6.45) is 19.5. The summed E-state index contributed by atoms with van der Waals surface area (Å²) in [5.41, 5.74) is 0. The molecule has 0 aromatic rings. The Bertz CT molecular complexity index is 308. The van der Waals surface area contributed by atoms with Gasteiger partial charge in [0.05, 0.1) is 0 Å². The number of unbranched alkanes of at least 4 members (excludes halogenated alkanes) is 3. The molecule has 2 atom stereocenters. The Morgan fingerprint density at radius 2 is 1.00 bits per heavy atom. The van der Waals surface area contributed by atoms with Crippen molar-refractivity contribution in [1.82, 2.24) is 0 Å². The Hall–Kier alpha value is -0.590. The van der Waals surface area contributed by atoms with Gasteiger partial charge in [0, 0.05) is 5.92 Å². The van der Waals surface area contributed by atoms with E-state index in [-0.39, 0.29) is 11.7 Å². The van der Waals surface area contributed by atoms with Crippen LogP contribution in [-0.2, 0) is 4.79 Å². The summed E-state index contributed by atoms with van der Waals surface area (Å²) in [6, 6.07) is 0. The van der Waals surface area contributed by atoms with E-state index in [0.717, 1.165) is 18.3 Å². The van der Waals surface area contributed by atoms with Crippen molar-refractivity contribution in [3.05, 3.63) is 12.2 Å². The Labute approximate surface area is 207 Å². The lowest BCUT2D eigenvalue weighted by atomic mass is 10.0. The smallest absolute Gasteiger partial charge is 0.158 e. The number of carbonyl (C=O) groups excluding carboxylic acids is 1. The first-order chi connectivity index (χ1) is 15.2. The Morgan fingerprint density at radius 1 is 0.625 bits per heavy atom. The molecule has 1 heteroatoms. The van der Waals surface area contributed by atoms with Crippen molar-refractivity contribution in [1.29, 1.82) is 0 Å². The molecule has 0 rings (SSSR count). The van der Waals surface area contributed by atoms with Crippen molar-refractivity contribution in [2.24, 2.45) is 17.8 Å². The lowest BCUT2D eigenvalue weighted by molar-refractivity contribution is -0.117. The Morgan fingerprint density at radius 3 is 1.22 bits per heavy atom. The number of hydrogen-bond acceptors (Lipinski definition) is 1. The third-order valence-corrected chi connectivity index (χ3v) is 5.43. The minimum atomic E-state index is 0.196. The van der Waals surface area contributed by atoms with Gasteiger partial charge in [0.2, 0.25) is 0 Å². The maximum Gasteiger partial charge on any atom is 0.158 e. The predicted octanol–water partition coefficient (Wildman–Crippen LogP) is 11.8. The molecule has 32 heavy (non-hydrogen) atoms. The van der Waals surface area contributed by atoms with Gasteiger partial charge in [-0.15, -0.1) is 0 Å². The Balaban J connectivity index is -0.0000000995. The molecular formula is C31H68O. The van der Waals surface area contributed by atoms with Crippen LogP contribution in [0.25, 0.3) is 0 Å². The highest BCUT2D eigenvalue weighted by Crippen LogP contribution is 2.10. The van der Waals surface area contributed by atoms with Crippen molar-refractivity contribution >= 4 is 5.78 Å². The second-order valence-electron chi connectivity index (χ2n) is 8.90. The first-order valence-electron chi connectivity index (χ1n) is 14.4. The van der Waals surface area contributed by atoms with E-state index in [1.807, 2.05) is 34.6 Å². The average molecular weight is 457 g/mol. The fraction of sp³-hybridized carbons (Fsp3) is 0.903. The maximum atomic E-state index is 10.9. The molecule has 0 aliphatic heterocycles. The van der Waals surface area contributed by atoms with Gasteiger partial charge in [0.15, 0.2) is 5.78 Å². The minimum Gasteiger partial charge on any atom is -0.295 e. The van der Waals surface area contributed by atoms with E-state index in [2.05, 4.69) is 55.4 Å². The lowest BCUT2D eigenvalue weighted by Crippen LogP contribution is -2.05. The number of hydrogen-bond donors (Lipinski definition) is 0. The SMILES string of the molecule is C/C=C/C(=O)C(C)CC.CC.CCCC(C)CC.CCCC(C)CCC.CCCCCC. The summed E-state index contributed by atoms with van der Waals surface area (Å²) in [5.74, 6) is 2.34. The minimum absolute atomic E-state index is 0.196. The van der Waals surface area contributed by atoms with E-state index in [0.29, 0.717) is 0 Å². The van der Waals surface area contributed by atoms with Gasteiger partial charge in [0.1, 0.15) is 0 Å². The maximum absolute atomic E-state index is 10.9. The summed E-state index contributed by atoms with van der Waals surface area (Å²) in [4.78, 5) is 10.9. The molecule has 2 unspecified atom stereocenters.